The average molecular weight is 243 g/mol. The number of hydrogen-bond donors (Lipinski definition) is 1. The zero-order chi connectivity index (χ0) is 13.1. The lowest BCUT2D eigenvalue weighted by Crippen LogP contribution is -2.59. The average Bonchev–Trinajstić information content (AvgIpc) is 2.43. The van der Waals surface area contributed by atoms with E-state index in [0.717, 1.165) is 0 Å². The molecule has 0 aromatic rings. The molecule has 1 unspecified atom stereocenters. The number of hydrogen-bond acceptors (Lipinski definition) is 3. The molecule has 1 aliphatic rings. The van der Waals surface area contributed by atoms with Crippen LogP contribution in [0.5, 0.6) is 0 Å². The molecule has 5 heteroatoms. The predicted molar refractivity (Wildman–Crippen MR) is 62.7 cm³/mol. The minimum Gasteiger partial charge on any atom is -0.479 e. The molecule has 0 radical (unpaired) electrons. The molecule has 98 valence electrons. The minimum atomic E-state index is -1.10. The van der Waals surface area contributed by atoms with Crippen molar-refractivity contribution in [3.05, 3.63) is 0 Å². The molecule has 1 N–H and O–H groups in total. The third-order valence-corrected chi connectivity index (χ3v) is 3.25. The molecule has 0 saturated carbocycles. The van der Waals surface area contributed by atoms with Gasteiger partial charge in [0.1, 0.15) is 5.54 Å². The van der Waals surface area contributed by atoms with Crippen LogP contribution in [0.25, 0.3) is 0 Å². The monoisotopic (exact) mass is 243 g/mol. The van der Waals surface area contributed by atoms with Crippen LogP contribution >= 0.6 is 0 Å². The second kappa shape index (κ2) is 5.49. The van der Waals surface area contributed by atoms with Crippen LogP contribution < -0.4 is 0 Å². The van der Waals surface area contributed by atoms with Crippen LogP contribution in [0.2, 0.25) is 0 Å². The largest absolute Gasteiger partial charge is 0.479 e. The van der Waals surface area contributed by atoms with Crippen LogP contribution in [0.15, 0.2) is 0 Å². The van der Waals surface area contributed by atoms with Gasteiger partial charge in [0.2, 0.25) is 5.91 Å². The third-order valence-electron chi connectivity index (χ3n) is 3.25. The first-order chi connectivity index (χ1) is 7.92. The van der Waals surface area contributed by atoms with Gasteiger partial charge in [0.15, 0.2) is 0 Å². The van der Waals surface area contributed by atoms with E-state index in [1.807, 2.05) is 13.8 Å². The Bertz CT molecular complexity index is 293. The van der Waals surface area contributed by atoms with E-state index in [1.165, 1.54) is 11.8 Å². The summed E-state index contributed by atoms with van der Waals surface area (Å²) in [6.07, 6.45) is 1.49. The molecule has 1 saturated heterocycles. The van der Waals surface area contributed by atoms with Crippen LogP contribution in [0, 0.1) is 0 Å². The van der Waals surface area contributed by atoms with Crippen LogP contribution in [0.3, 0.4) is 0 Å². The van der Waals surface area contributed by atoms with E-state index in [1.54, 1.807) is 0 Å². The summed E-state index contributed by atoms with van der Waals surface area (Å²) in [6.45, 7) is 6.08. The van der Waals surface area contributed by atoms with E-state index in [-0.39, 0.29) is 11.9 Å². The second-order valence-electron chi connectivity index (χ2n) is 4.79. The Balaban J connectivity index is 3.11. The van der Waals surface area contributed by atoms with E-state index in [0.29, 0.717) is 32.5 Å². The quantitative estimate of drug-likeness (QED) is 0.810. The molecule has 1 heterocycles. The fourth-order valence-electron chi connectivity index (χ4n) is 2.65. The van der Waals surface area contributed by atoms with E-state index >= 15 is 0 Å². The molecule has 1 atom stereocenters. The van der Waals surface area contributed by atoms with Crippen molar-refractivity contribution >= 4 is 11.9 Å². The molecule has 0 aromatic carbocycles. The molecule has 1 amide bonds. The zero-order valence-electron chi connectivity index (χ0n) is 10.7. The maximum atomic E-state index is 11.7. The Kier molecular flexibility index (Phi) is 4.51. The first kappa shape index (κ1) is 14.0. The molecule has 0 spiro atoms. The van der Waals surface area contributed by atoms with E-state index < -0.39 is 11.5 Å². The Hall–Kier alpha value is -1.10. The van der Waals surface area contributed by atoms with Crippen molar-refractivity contribution in [2.45, 2.75) is 51.6 Å². The van der Waals surface area contributed by atoms with Gasteiger partial charge in [-0.25, -0.2) is 4.79 Å². The summed E-state index contributed by atoms with van der Waals surface area (Å²) in [7, 11) is 0. The van der Waals surface area contributed by atoms with Crippen LogP contribution in [-0.2, 0) is 14.3 Å². The fourth-order valence-corrected chi connectivity index (χ4v) is 2.65. The van der Waals surface area contributed by atoms with E-state index in [9.17, 15) is 14.7 Å². The van der Waals surface area contributed by atoms with Gasteiger partial charge in [-0.1, -0.05) is 0 Å². The highest BCUT2D eigenvalue weighted by Gasteiger charge is 2.46. The molecule has 1 aliphatic heterocycles. The smallest absolute Gasteiger partial charge is 0.329 e. The highest BCUT2D eigenvalue weighted by atomic mass is 16.5. The van der Waals surface area contributed by atoms with Gasteiger partial charge in [-0.3, -0.25) is 4.79 Å². The number of ether oxygens (including phenoxy) is 1. The van der Waals surface area contributed by atoms with Gasteiger partial charge < -0.3 is 14.7 Å². The zero-order valence-corrected chi connectivity index (χ0v) is 10.7. The number of carbonyl (C=O) groups is 2. The number of carboxylic acid groups (broad SMARTS) is 1. The number of rotatable bonds is 3. The SMILES string of the molecule is CC(=O)N(C(C)C)C1(C(=O)O)CCCOCC1. The van der Waals surface area contributed by atoms with Gasteiger partial charge in [-0.2, -0.15) is 0 Å². The predicted octanol–water partition coefficient (Wildman–Crippen LogP) is 1.27. The Morgan fingerprint density at radius 2 is 1.94 bits per heavy atom. The van der Waals surface area contributed by atoms with Crippen molar-refractivity contribution in [3.8, 4) is 0 Å². The summed E-state index contributed by atoms with van der Waals surface area (Å²) in [4.78, 5) is 24.8. The lowest BCUT2D eigenvalue weighted by Gasteiger charge is -2.42. The standard InChI is InChI=1S/C12H21NO4/c1-9(2)13(10(3)14)12(11(15)16)5-4-7-17-8-6-12/h9H,4-8H2,1-3H3,(H,15,16). The first-order valence-electron chi connectivity index (χ1n) is 6.03. The van der Waals surface area contributed by atoms with Crippen molar-refractivity contribution in [1.29, 1.82) is 0 Å². The molecule has 0 bridgehead atoms. The van der Waals surface area contributed by atoms with Gasteiger partial charge in [0.05, 0.1) is 0 Å². The van der Waals surface area contributed by atoms with E-state index in [2.05, 4.69) is 0 Å². The molecule has 0 aliphatic carbocycles. The third kappa shape index (κ3) is 2.77. The second-order valence-corrected chi connectivity index (χ2v) is 4.79. The number of amides is 1. The van der Waals surface area contributed by atoms with Crippen molar-refractivity contribution in [3.63, 3.8) is 0 Å². The maximum Gasteiger partial charge on any atom is 0.329 e. The molecular weight excluding hydrogens is 222 g/mol. The summed E-state index contributed by atoms with van der Waals surface area (Å²) in [5, 5.41) is 9.53. The molecular formula is C12H21NO4. The normalized spacial score (nSPS) is 25.4. The summed E-state index contributed by atoms with van der Waals surface area (Å²) < 4.78 is 5.31. The van der Waals surface area contributed by atoms with Crippen molar-refractivity contribution < 1.29 is 19.4 Å². The van der Waals surface area contributed by atoms with Crippen LogP contribution in [0.1, 0.15) is 40.0 Å². The minimum absolute atomic E-state index is 0.123. The van der Waals surface area contributed by atoms with Gasteiger partial charge in [-0.05, 0) is 26.7 Å². The van der Waals surface area contributed by atoms with Crippen molar-refractivity contribution in [1.82, 2.24) is 4.90 Å². The van der Waals surface area contributed by atoms with Crippen LogP contribution in [-0.4, -0.2) is 46.7 Å². The number of aliphatic carboxylic acids is 1. The summed E-state index contributed by atoms with van der Waals surface area (Å²) in [5.41, 5.74) is -1.10. The van der Waals surface area contributed by atoms with Gasteiger partial charge in [0.25, 0.3) is 0 Å². The molecule has 0 aromatic heterocycles. The van der Waals surface area contributed by atoms with Gasteiger partial charge in [0, 0.05) is 32.6 Å². The van der Waals surface area contributed by atoms with Crippen LogP contribution in [0.4, 0.5) is 0 Å². The number of carbonyl (C=O) groups excluding carboxylic acids is 1. The van der Waals surface area contributed by atoms with Crippen molar-refractivity contribution in [2.75, 3.05) is 13.2 Å². The fraction of sp³-hybridized carbons (Fsp3) is 0.833. The van der Waals surface area contributed by atoms with Gasteiger partial charge >= 0.3 is 5.97 Å². The highest BCUT2D eigenvalue weighted by molar-refractivity contribution is 5.86. The lowest BCUT2D eigenvalue weighted by atomic mass is 9.87. The summed E-state index contributed by atoms with van der Waals surface area (Å²) in [6, 6.07) is -0.123. The lowest BCUT2D eigenvalue weighted by molar-refractivity contribution is -0.162. The van der Waals surface area contributed by atoms with E-state index in [4.69, 9.17) is 4.74 Å². The van der Waals surface area contributed by atoms with Gasteiger partial charge in [-0.15, -0.1) is 0 Å². The number of nitrogens with zero attached hydrogens (tertiary/aromatic N) is 1. The molecule has 17 heavy (non-hydrogen) atoms. The Morgan fingerprint density at radius 3 is 2.41 bits per heavy atom. The molecule has 1 rings (SSSR count). The summed E-state index contributed by atoms with van der Waals surface area (Å²) >= 11 is 0. The first-order valence-corrected chi connectivity index (χ1v) is 6.03. The maximum absolute atomic E-state index is 11.7. The molecule has 1 fully saturated rings. The topological polar surface area (TPSA) is 66.8 Å². The summed E-state index contributed by atoms with van der Waals surface area (Å²) in [5.74, 6) is -1.11. The Labute approximate surface area is 102 Å². The number of carboxylic acids is 1. The highest BCUT2D eigenvalue weighted by Crippen LogP contribution is 2.30. The Morgan fingerprint density at radius 1 is 1.29 bits per heavy atom. The molecule has 5 nitrogen and oxygen atoms in total. The van der Waals surface area contributed by atoms with Crippen molar-refractivity contribution in [2.24, 2.45) is 0 Å².